The standard InChI is InChI=1S/C13H12O5/c1-7-5-11(14)18-13(7)16-6-9-8-3-2-4-10(8)17-12(9)15/h2-3,5-6,8,10,13H,4H2,1H3/b9-6+. The molecule has 3 atom stereocenters. The van der Waals surface area contributed by atoms with E-state index in [2.05, 4.69) is 0 Å². The van der Waals surface area contributed by atoms with Crippen molar-refractivity contribution < 1.29 is 23.8 Å². The molecule has 3 unspecified atom stereocenters. The summed E-state index contributed by atoms with van der Waals surface area (Å²) in [7, 11) is 0. The van der Waals surface area contributed by atoms with Gasteiger partial charge in [0, 0.05) is 24.0 Å². The highest BCUT2D eigenvalue weighted by Crippen LogP contribution is 2.35. The minimum atomic E-state index is -0.734. The van der Waals surface area contributed by atoms with E-state index in [0.717, 1.165) is 6.42 Å². The number of carbonyl (C=O) groups is 2. The molecule has 94 valence electrons. The number of rotatable bonds is 2. The Hall–Kier alpha value is -2.04. The van der Waals surface area contributed by atoms with Gasteiger partial charge in [-0.05, 0) is 6.92 Å². The summed E-state index contributed by atoms with van der Waals surface area (Å²) >= 11 is 0. The maximum atomic E-state index is 11.6. The van der Waals surface area contributed by atoms with Crippen LogP contribution in [-0.4, -0.2) is 24.3 Å². The van der Waals surface area contributed by atoms with E-state index in [4.69, 9.17) is 14.2 Å². The van der Waals surface area contributed by atoms with Crippen LogP contribution in [0.4, 0.5) is 0 Å². The summed E-state index contributed by atoms with van der Waals surface area (Å²) in [6.45, 7) is 1.74. The molecule has 0 spiro atoms. The summed E-state index contributed by atoms with van der Waals surface area (Å²) in [4.78, 5) is 22.6. The molecule has 0 saturated carbocycles. The monoisotopic (exact) mass is 248 g/mol. The van der Waals surface area contributed by atoms with Gasteiger partial charge in [-0.25, -0.2) is 9.59 Å². The lowest BCUT2D eigenvalue weighted by Gasteiger charge is -2.11. The first-order valence-corrected chi connectivity index (χ1v) is 5.77. The Labute approximate surface area is 104 Å². The van der Waals surface area contributed by atoms with E-state index >= 15 is 0 Å². The maximum absolute atomic E-state index is 11.6. The summed E-state index contributed by atoms with van der Waals surface area (Å²) in [5.74, 6) is -0.831. The molecule has 3 aliphatic rings. The van der Waals surface area contributed by atoms with Gasteiger partial charge in [-0.2, -0.15) is 0 Å². The lowest BCUT2D eigenvalue weighted by atomic mass is 10.0. The molecular formula is C13H12O5. The number of hydrogen-bond donors (Lipinski definition) is 0. The van der Waals surface area contributed by atoms with Gasteiger partial charge in [-0.1, -0.05) is 12.2 Å². The van der Waals surface area contributed by atoms with E-state index in [1.54, 1.807) is 6.92 Å². The second-order valence-electron chi connectivity index (χ2n) is 4.50. The number of ether oxygens (including phenoxy) is 3. The van der Waals surface area contributed by atoms with Gasteiger partial charge in [0.2, 0.25) is 0 Å². The number of cyclic esters (lactones) is 1. The molecule has 1 saturated heterocycles. The second kappa shape index (κ2) is 4.01. The maximum Gasteiger partial charge on any atom is 0.338 e. The fraction of sp³-hybridized carbons (Fsp3) is 0.385. The summed E-state index contributed by atoms with van der Waals surface area (Å²) in [5, 5.41) is 0. The number of fused-ring (bicyclic) bond motifs is 1. The zero-order valence-corrected chi connectivity index (χ0v) is 9.79. The first-order valence-electron chi connectivity index (χ1n) is 5.77. The number of hydrogen-bond acceptors (Lipinski definition) is 5. The molecule has 0 bridgehead atoms. The van der Waals surface area contributed by atoms with E-state index in [9.17, 15) is 9.59 Å². The zero-order valence-electron chi connectivity index (χ0n) is 9.79. The molecule has 5 nitrogen and oxygen atoms in total. The van der Waals surface area contributed by atoms with Gasteiger partial charge < -0.3 is 14.2 Å². The van der Waals surface area contributed by atoms with Gasteiger partial charge >= 0.3 is 11.9 Å². The van der Waals surface area contributed by atoms with Crippen LogP contribution in [0.25, 0.3) is 0 Å². The zero-order chi connectivity index (χ0) is 12.7. The molecule has 0 amide bonds. The highest BCUT2D eigenvalue weighted by Gasteiger charge is 2.40. The van der Waals surface area contributed by atoms with E-state index in [0.29, 0.717) is 11.1 Å². The Bertz CT molecular complexity index is 500. The van der Waals surface area contributed by atoms with Crippen LogP contribution in [0.5, 0.6) is 0 Å². The number of carbonyl (C=O) groups excluding carboxylic acids is 2. The third-order valence-electron chi connectivity index (χ3n) is 3.22. The molecule has 2 aliphatic heterocycles. The predicted molar refractivity (Wildman–Crippen MR) is 59.9 cm³/mol. The lowest BCUT2D eigenvalue weighted by Crippen LogP contribution is -2.14. The van der Waals surface area contributed by atoms with Crippen LogP contribution in [0.2, 0.25) is 0 Å². The molecule has 0 aromatic rings. The van der Waals surface area contributed by atoms with Crippen LogP contribution in [0, 0.1) is 5.92 Å². The average Bonchev–Trinajstić information content (AvgIpc) is 2.93. The summed E-state index contributed by atoms with van der Waals surface area (Å²) in [6, 6.07) is 0. The fourth-order valence-electron chi connectivity index (χ4n) is 2.28. The summed E-state index contributed by atoms with van der Waals surface area (Å²) < 4.78 is 15.4. The van der Waals surface area contributed by atoms with Crippen LogP contribution in [0.15, 0.2) is 35.6 Å². The molecule has 2 heterocycles. The number of esters is 2. The van der Waals surface area contributed by atoms with E-state index < -0.39 is 12.3 Å². The first kappa shape index (κ1) is 11.1. The van der Waals surface area contributed by atoms with Crippen molar-refractivity contribution >= 4 is 11.9 Å². The van der Waals surface area contributed by atoms with Crippen LogP contribution in [0.3, 0.4) is 0 Å². The Balaban J connectivity index is 1.73. The summed E-state index contributed by atoms with van der Waals surface area (Å²) in [5.41, 5.74) is 1.16. The second-order valence-corrected chi connectivity index (χ2v) is 4.50. The lowest BCUT2D eigenvalue weighted by molar-refractivity contribution is -0.152. The normalized spacial score (nSPS) is 35.5. The van der Waals surface area contributed by atoms with Gasteiger partial charge in [-0.15, -0.1) is 0 Å². The van der Waals surface area contributed by atoms with Crippen molar-refractivity contribution in [3.8, 4) is 0 Å². The molecule has 0 N–H and O–H groups in total. The minimum absolute atomic E-state index is 0.0427. The van der Waals surface area contributed by atoms with Crippen molar-refractivity contribution in [2.75, 3.05) is 0 Å². The molecule has 3 rings (SSSR count). The predicted octanol–water partition coefficient (Wildman–Crippen LogP) is 1.22. The van der Waals surface area contributed by atoms with Crippen molar-refractivity contribution in [3.63, 3.8) is 0 Å². The molecule has 0 radical (unpaired) electrons. The third kappa shape index (κ3) is 1.72. The first-order chi connectivity index (χ1) is 8.65. The fourth-order valence-corrected chi connectivity index (χ4v) is 2.28. The van der Waals surface area contributed by atoms with Crippen LogP contribution < -0.4 is 0 Å². The van der Waals surface area contributed by atoms with Crippen molar-refractivity contribution in [1.82, 2.24) is 0 Å². The van der Waals surface area contributed by atoms with Gasteiger partial charge in [-0.3, -0.25) is 0 Å². The molecule has 0 aromatic carbocycles. The molecule has 18 heavy (non-hydrogen) atoms. The molecular weight excluding hydrogens is 236 g/mol. The smallest absolute Gasteiger partial charge is 0.338 e. The summed E-state index contributed by atoms with van der Waals surface area (Å²) in [6.07, 6.45) is 6.55. The molecule has 0 aromatic heterocycles. The van der Waals surface area contributed by atoms with E-state index in [1.165, 1.54) is 12.3 Å². The minimum Gasteiger partial charge on any atom is -0.458 e. The van der Waals surface area contributed by atoms with Crippen LogP contribution >= 0.6 is 0 Å². The quantitative estimate of drug-likeness (QED) is 0.318. The van der Waals surface area contributed by atoms with Crippen molar-refractivity contribution in [2.45, 2.75) is 25.7 Å². The Morgan fingerprint density at radius 2 is 2.22 bits per heavy atom. The average molecular weight is 248 g/mol. The Morgan fingerprint density at radius 1 is 1.39 bits per heavy atom. The molecule has 5 heteroatoms. The third-order valence-corrected chi connectivity index (χ3v) is 3.22. The molecule has 1 fully saturated rings. The molecule has 1 aliphatic carbocycles. The largest absolute Gasteiger partial charge is 0.458 e. The highest BCUT2D eigenvalue weighted by atomic mass is 16.7. The van der Waals surface area contributed by atoms with Gasteiger partial charge in [0.1, 0.15) is 6.10 Å². The van der Waals surface area contributed by atoms with Crippen LogP contribution in [0.1, 0.15) is 13.3 Å². The van der Waals surface area contributed by atoms with Gasteiger partial charge in [0.15, 0.2) is 0 Å². The van der Waals surface area contributed by atoms with Crippen molar-refractivity contribution in [1.29, 1.82) is 0 Å². The van der Waals surface area contributed by atoms with E-state index in [-0.39, 0.29) is 18.0 Å². The topological polar surface area (TPSA) is 61.8 Å². The van der Waals surface area contributed by atoms with Gasteiger partial charge in [0.05, 0.1) is 11.8 Å². The Morgan fingerprint density at radius 3 is 2.94 bits per heavy atom. The van der Waals surface area contributed by atoms with Gasteiger partial charge in [0.25, 0.3) is 6.29 Å². The van der Waals surface area contributed by atoms with E-state index in [1.807, 2.05) is 12.2 Å². The highest BCUT2D eigenvalue weighted by molar-refractivity contribution is 5.92. The van der Waals surface area contributed by atoms with Crippen molar-refractivity contribution in [3.05, 3.63) is 35.6 Å². The van der Waals surface area contributed by atoms with Crippen molar-refractivity contribution in [2.24, 2.45) is 5.92 Å². The SMILES string of the molecule is CC1=CC(=O)OC1O/C=C1/C(=O)OC2CC=CC12. The Kier molecular flexibility index (Phi) is 2.47. The van der Waals surface area contributed by atoms with Crippen LogP contribution in [-0.2, 0) is 23.8 Å².